The molecule has 0 saturated heterocycles. The monoisotopic (exact) mass is 332 g/mol. The minimum Gasteiger partial charge on any atom is -0.490 e. The highest BCUT2D eigenvalue weighted by molar-refractivity contribution is 5.79. The summed E-state index contributed by atoms with van der Waals surface area (Å²) >= 11 is 0. The van der Waals surface area contributed by atoms with E-state index < -0.39 is 0 Å². The van der Waals surface area contributed by atoms with Crippen LogP contribution in [0.1, 0.15) is 12.2 Å². The number of guanidine groups is 1. The molecule has 130 valence electrons. The molecule has 0 aliphatic rings. The highest BCUT2D eigenvalue weighted by Crippen LogP contribution is 2.05. The van der Waals surface area contributed by atoms with Gasteiger partial charge in [-0.25, -0.2) is 0 Å². The van der Waals surface area contributed by atoms with Gasteiger partial charge >= 0.3 is 0 Å². The zero-order chi connectivity index (χ0) is 16.9. The van der Waals surface area contributed by atoms with Gasteiger partial charge in [0.1, 0.15) is 24.7 Å². The van der Waals surface area contributed by atoms with E-state index in [0.717, 1.165) is 30.4 Å². The zero-order valence-electron chi connectivity index (χ0n) is 13.9. The van der Waals surface area contributed by atoms with Crippen LogP contribution in [0.25, 0.3) is 0 Å². The van der Waals surface area contributed by atoms with Crippen molar-refractivity contribution in [2.45, 2.75) is 13.0 Å². The van der Waals surface area contributed by atoms with E-state index in [-0.39, 0.29) is 0 Å². The maximum Gasteiger partial charge on any atom is 0.191 e. The first-order valence-electron chi connectivity index (χ1n) is 7.96. The molecular formula is C17H24N4O3. The molecule has 2 heterocycles. The third-order valence-corrected chi connectivity index (χ3v) is 3.10. The first-order chi connectivity index (χ1) is 11.9. The Morgan fingerprint density at radius 2 is 2.12 bits per heavy atom. The SMILES string of the molecule is CN=C(NCCCOCc1ccco1)NCCOc1cccnc1. The van der Waals surface area contributed by atoms with Crippen LogP contribution in [0.5, 0.6) is 5.75 Å². The summed E-state index contributed by atoms with van der Waals surface area (Å²) in [4.78, 5) is 8.16. The molecule has 0 spiro atoms. The van der Waals surface area contributed by atoms with Crippen LogP contribution in [0.3, 0.4) is 0 Å². The number of hydrogen-bond donors (Lipinski definition) is 2. The van der Waals surface area contributed by atoms with Gasteiger partial charge in [0.25, 0.3) is 0 Å². The molecule has 0 atom stereocenters. The highest BCUT2D eigenvalue weighted by atomic mass is 16.5. The van der Waals surface area contributed by atoms with Crippen molar-refractivity contribution in [2.24, 2.45) is 4.99 Å². The molecule has 0 aliphatic carbocycles. The average Bonchev–Trinajstić information content (AvgIpc) is 3.14. The number of nitrogens with one attached hydrogen (secondary N) is 2. The van der Waals surface area contributed by atoms with Crippen molar-refractivity contribution >= 4 is 5.96 Å². The van der Waals surface area contributed by atoms with Crippen LogP contribution >= 0.6 is 0 Å². The lowest BCUT2D eigenvalue weighted by Crippen LogP contribution is -2.39. The molecule has 0 amide bonds. The number of nitrogens with zero attached hydrogens (tertiary/aromatic N) is 2. The Morgan fingerprint density at radius 1 is 1.21 bits per heavy atom. The molecule has 7 heteroatoms. The van der Waals surface area contributed by atoms with E-state index in [1.807, 2.05) is 24.3 Å². The molecule has 0 saturated carbocycles. The van der Waals surface area contributed by atoms with Crippen molar-refractivity contribution in [1.29, 1.82) is 0 Å². The second kappa shape index (κ2) is 11.1. The number of aromatic nitrogens is 1. The average molecular weight is 332 g/mol. The molecule has 2 rings (SSSR count). The number of ether oxygens (including phenoxy) is 2. The first-order valence-corrected chi connectivity index (χ1v) is 7.96. The molecule has 0 aromatic carbocycles. The van der Waals surface area contributed by atoms with E-state index in [0.29, 0.717) is 26.4 Å². The van der Waals surface area contributed by atoms with E-state index in [2.05, 4.69) is 20.6 Å². The molecule has 7 nitrogen and oxygen atoms in total. The van der Waals surface area contributed by atoms with Gasteiger partial charge in [-0.15, -0.1) is 0 Å². The van der Waals surface area contributed by atoms with Crippen LogP contribution in [-0.4, -0.2) is 44.3 Å². The Bertz CT molecular complexity index is 573. The molecule has 2 aromatic rings. The van der Waals surface area contributed by atoms with Crippen molar-refractivity contribution in [3.63, 3.8) is 0 Å². The molecule has 24 heavy (non-hydrogen) atoms. The van der Waals surface area contributed by atoms with E-state index in [4.69, 9.17) is 13.9 Å². The number of furan rings is 1. The van der Waals surface area contributed by atoms with Gasteiger partial charge in [-0.3, -0.25) is 9.98 Å². The Kier molecular flexibility index (Phi) is 8.21. The molecule has 0 fully saturated rings. The highest BCUT2D eigenvalue weighted by Gasteiger charge is 1.99. The molecule has 2 N–H and O–H groups in total. The van der Waals surface area contributed by atoms with Crippen molar-refractivity contribution in [3.8, 4) is 5.75 Å². The lowest BCUT2D eigenvalue weighted by atomic mass is 10.4. The minimum atomic E-state index is 0.506. The predicted octanol–water partition coefficient (Wildman–Crippen LogP) is 1.83. The molecule has 0 bridgehead atoms. The lowest BCUT2D eigenvalue weighted by Gasteiger charge is -2.12. The fourth-order valence-electron chi connectivity index (χ4n) is 1.94. The summed E-state index contributed by atoms with van der Waals surface area (Å²) in [5.74, 6) is 2.35. The Labute approximate surface area is 142 Å². The summed E-state index contributed by atoms with van der Waals surface area (Å²) in [6.07, 6.45) is 5.94. The summed E-state index contributed by atoms with van der Waals surface area (Å²) in [5, 5.41) is 6.42. The van der Waals surface area contributed by atoms with Crippen LogP contribution in [0.4, 0.5) is 0 Å². The van der Waals surface area contributed by atoms with E-state index in [1.54, 1.807) is 25.7 Å². The number of aliphatic imine (C=N–C) groups is 1. The summed E-state index contributed by atoms with van der Waals surface area (Å²) in [5.41, 5.74) is 0. The van der Waals surface area contributed by atoms with Crippen molar-refractivity contribution < 1.29 is 13.9 Å². The number of hydrogen-bond acceptors (Lipinski definition) is 5. The van der Waals surface area contributed by atoms with Gasteiger partial charge in [0, 0.05) is 26.4 Å². The van der Waals surface area contributed by atoms with Crippen LogP contribution < -0.4 is 15.4 Å². The van der Waals surface area contributed by atoms with E-state index >= 15 is 0 Å². The fourth-order valence-corrected chi connectivity index (χ4v) is 1.94. The molecule has 0 unspecified atom stereocenters. The largest absolute Gasteiger partial charge is 0.490 e. The van der Waals surface area contributed by atoms with Gasteiger partial charge in [0.2, 0.25) is 0 Å². The number of rotatable bonds is 10. The zero-order valence-corrected chi connectivity index (χ0v) is 13.9. The normalized spacial score (nSPS) is 11.3. The number of pyridine rings is 1. The Morgan fingerprint density at radius 3 is 2.88 bits per heavy atom. The van der Waals surface area contributed by atoms with Gasteiger partial charge in [0.05, 0.1) is 19.0 Å². The van der Waals surface area contributed by atoms with Crippen LogP contribution in [0.2, 0.25) is 0 Å². The summed E-state index contributed by atoms with van der Waals surface area (Å²) in [6.45, 7) is 3.14. The van der Waals surface area contributed by atoms with Gasteiger partial charge in [-0.2, -0.15) is 0 Å². The van der Waals surface area contributed by atoms with Crippen molar-refractivity contribution in [2.75, 3.05) is 33.4 Å². The second-order valence-electron chi connectivity index (χ2n) is 4.95. The molecular weight excluding hydrogens is 308 g/mol. The molecule has 0 radical (unpaired) electrons. The molecule has 2 aromatic heterocycles. The van der Waals surface area contributed by atoms with E-state index in [1.165, 1.54) is 0 Å². The maximum atomic E-state index is 5.56. The standard InChI is InChI=1S/C17H24N4O3/c1-18-17(21-9-12-24-15-5-2-7-19-13-15)20-8-4-10-22-14-16-6-3-11-23-16/h2-3,5-7,11,13H,4,8-10,12,14H2,1H3,(H2,18,20,21). The van der Waals surface area contributed by atoms with Crippen molar-refractivity contribution in [1.82, 2.24) is 15.6 Å². The molecule has 0 aliphatic heterocycles. The van der Waals surface area contributed by atoms with Crippen LogP contribution in [-0.2, 0) is 11.3 Å². The van der Waals surface area contributed by atoms with E-state index in [9.17, 15) is 0 Å². The Hall–Kier alpha value is -2.54. The fraction of sp³-hybridized carbons (Fsp3) is 0.412. The minimum absolute atomic E-state index is 0.506. The summed E-state index contributed by atoms with van der Waals surface area (Å²) < 4.78 is 16.3. The van der Waals surface area contributed by atoms with Crippen molar-refractivity contribution in [3.05, 3.63) is 48.7 Å². The summed E-state index contributed by atoms with van der Waals surface area (Å²) in [7, 11) is 1.74. The van der Waals surface area contributed by atoms with Gasteiger partial charge in [-0.05, 0) is 30.7 Å². The van der Waals surface area contributed by atoms with Gasteiger partial charge < -0.3 is 24.5 Å². The van der Waals surface area contributed by atoms with Gasteiger partial charge in [-0.1, -0.05) is 0 Å². The third-order valence-electron chi connectivity index (χ3n) is 3.10. The third kappa shape index (κ3) is 7.15. The smallest absolute Gasteiger partial charge is 0.191 e. The summed E-state index contributed by atoms with van der Waals surface area (Å²) in [6, 6.07) is 7.48. The Balaban J connectivity index is 1.48. The first kappa shape index (κ1) is 17.8. The second-order valence-corrected chi connectivity index (χ2v) is 4.95. The van der Waals surface area contributed by atoms with Crippen LogP contribution in [0.15, 0.2) is 52.3 Å². The maximum absolute atomic E-state index is 5.56. The van der Waals surface area contributed by atoms with Gasteiger partial charge in [0.15, 0.2) is 5.96 Å². The lowest BCUT2D eigenvalue weighted by molar-refractivity contribution is 0.105. The predicted molar refractivity (Wildman–Crippen MR) is 92.1 cm³/mol. The topological polar surface area (TPSA) is 80.9 Å². The van der Waals surface area contributed by atoms with Crippen LogP contribution in [0, 0.1) is 0 Å². The quantitative estimate of drug-likeness (QED) is 0.392.